The molecule has 0 radical (unpaired) electrons. The summed E-state index contributed by atoms with van der Waals surface area (Å²) < 4.78 is 16.4. The van der Waals surface area contributed by atoms with E-state index >= 15 is 0 Å². The third-order valence-electron chi connectivity index (χ3n) is 4.44. The van der Waals surface area contributed by atoms with Gasteiger partial charge in [0.15, 0.2) is 0 Å². The summed E-state index contributed by atoms with van der Waals surface area (Å²) in [5, 5.41) is 6.98. The van der Waals surface area contributed by atoms with Gasteiger partial charge in [0.05, 0.1) is 5.69 Å². The van der Waals surface area contributed by atoms with Gasteiger partial charge < -0.3 is 5.32 Å². The lowest BCUT2D eigenvalue weighted by Crippen LogP contribution is -2.49. The molecule has 4 rings (SSSR count). The van der Waals surface area contributed by atoms with Crippen LogP contribution in [0.4, 0.5) is 10.1 Å². The molecule has 0 amide bonds. The van der Waals surface area contributed by atoms with Crippen molar-refractivity contribution >= 4 is 17.6 Å². The number of hydrogen-bond acceptors (Lipinski definition) is 4. The summed E-state index contributed by atoms with van der Waals surface area (Å²) in [4.78, 5) is 0.919. The van der Waals surface area contributed by atoms with Gasteiger partial charge in [-0.15, -0.1) is 0 Å². The van der Waals surface area contributed by atoms with Crippen molar-refractivity contribution in [3.8, 4) is 0 Å². The van der Waals surface area contributed by atoms with Crippen molar-refractivity contribution in [1.82, 2.24) is 10.0 Å². The maximum absolute atomic E-state index is 13.1. The molecule has 0 aromatic heterocycles. The predicted molar refractivity (Wildman–Crippen MR) is 70.6 cm³/mol. The fraction of sp³-hybridized carbons (Fsp3) is 0.538. The van der Waals surface area contributed by atoms with Crippen LogP contribution < -0.4 is 15.4 Å². The second kappa shape index (κ2) is 3.85. The van der Waals surface area contributed by atoms with Crippen LogP contribution in [0.1, 0.15) is 25.7 Å². The molecule has 2 fully saturated rings. The number of nitrogens with one attached hydrogen (secondary N) is 3. The second-order valence-electron chi connectivity index (χ2n) is 5.58. The summed E-state index contributed by atoms with van der Waals surface area (Å²) in [5.74, 6) is -0.188. The van der Waals surface area contributed by atoms with Crippen LogP contribution in [-0.4, -0.2) is 12.3 Å². The van der Waals surface area contributed by atoms with Gasteiger partial charge in [0.25, 0.3) is 0 Å². The summed E-state index contributed by atoms with van der Waals surface area (Å²) >= 11 is 1.49. The first kappa shape index (κ1) is 11.1. The van der Waals surface area contributed by atoms with Crippen LogP contribution in [0.2, 0.25) is 0 Å². The van der Waals surface area contributed by atoms with Crippen molar-refractivity contribution in [3.05, 3.63) is 24.0 Å². The molecule has 1 heterocycles. The van der Waals surface area contributed by atoms with Gasteiger partial charge in [0.1, 0.15) is 12.1 Å². The molecule has 3 aliphatic rings. The molecule has 2 saturated carbocycles. The van der Waals surface area contributed by atoms with Gasteiger partial charge in [0.2, 0.25) is 0 Å². The molecule has 3 N–H and O–H groups in total. The molecule has 0 saturated heterocycles. The topological polar surface area (TPSA) is 36.1 Å². The van der Waals surface area contributed by atoms with E-state index in [0.29, 0.717) is 11.5 Å². The minimum absolute atomic E-state index is 0.0814. The molecule has 1 spiro atoms. The molecule has 2 aliphatic carbocycles. The zero-order valence-corrected chi connectivity index (χ0v) is 10.8. The normalized spacial score (nSPS) is 31.4. The van der Waals surface area contributed by atoms with Crippen molar-refractivity contribution in [2.75, 3.05) is 5.32 Å². The van der Waals surface area contributed by atoms with Crippen LogP contribution in [0.5, 0.6) is 0 Å². The summed E-state index contributed by atoms with van der Waals surface area (Å²) in [6.07, 6.45) is 5.55. The van der Waals surface area contributed by atoms with E-state index in [-0.39, 0.29) is 12.1 Å². The van der Waals surface area contributed by atoms with Gasteiger partial charge in [-0.25, -0.2) is 9.11 Å². The van der Waals surface area contributed by atoms with Gasteiger partial charge in [-0.3, -0.25) is 5.32 Å². The van der Waals surface area contributed by atoms with Crippen molar-refractivity contribution in [1.29, 1.82) is 0 Å². The highest BCUT2D eigenvalue weighted by Crippen LogP contribution is 2.60. The minimum atomic E-state index is -0.188. The smallest absolute Gasteiger partial charge is 0.142 e. The maximum atomic E-state index is 13.1. The number of benzene rings is 1. The number of fused-ring (bicyclic) bond motifs is 1. The number of halogens is 1. The predicted octanol–water partition coefficient (Wildman–Crippen LogP) is 2.66. The maximum Gasteiger partial charge on any atom is 0.142 e. The first-order chi connectivity index (χ1) is 8.75. The third kappa shape index (κ3) is 1.73. The van der Waals surface area contributed by atoms with Gasteiger partial charge in [-0.05, 0) is 54.8 Å². The molecule has 1 aromatic rings. The Labute approximate surface area is 110 Å². The Morgan fingerprint density at radius 1 is 1.39 bits per heavy atom. The Morgan fingerprint density at radius 2 is 2.28 bits per heavy atom. The molecule has 1 aromatic carbocycles. The molecule has 0 bridgehead atoms. The van der Waals surface area contributed by atoms with Crippen LogP contribution in [0.3, 0.4) is 0 Å². The molecule has 5 heteroatoms. The third-order valence-corrected chi connectivity index (χ3v) is 5.35. The van der Waals surface area contributed by atoms with Crippen molar-refractivity contribution in [2.24, 2.45) is 5.41 Å². The molecule has 2 atom stereocenters. The SMILES string of the molecule is Fc1ccc2c(c1)SNC(NC1CC13CCC3)N2. The summed E-state index contributed by atoms with van der Waals surface area (Å²) in [5.41, 5.74) is 1.62. The quantitative estimate of drug-likeness (QED) is 0.719. The van der Waals surface area contributed by atoms with Crippen LogP contribution in [-0.2, 0) is 0 Å². The molecule has 96 valence electrons. The monoisotopic (exact) mass is 265 g/mol. The van der Waals surface area contributed by atoms with E-state index in [0.717, 1.165) is 10.6 Å². The van der Waals surface area contributed by atoms with Gasteiger partial charge in [-0.2, -0.15) is 0 Å². The molecule has 18 heavy (non-hydrogen) atoms. The molecule has 2 unspecified atom stereocenters. The van der Waals surface area contributed by atoms with E-state index in [1.807, 2.05) is 0 Å². The summed E-state index contributed by atoms with van der Waals surface area (Å²) in [7, 11) is 0. The van der Waals surface area contributed by atoms with E-state index in [2.05, 4.69) is 15.4 Å². The van der Waals surface area contributed by atoms with Crippen LogP contribution in [0, 0.1) is 11.2 Å². The average Bonchev–Trinajstić information content (AvgIpc) is 3.04. The zero-order chi connectivity index (χ0) is 12.2. The Kier molecular flexibility index (Phi) is 2.37. The lowest BCUT2D eigenvalue weighted by molar-refractivity contribution is 0.260. The zero-order valence-electron chi connectivity index (χ0n) is 10.0. The fourth-order valence-electron chi connectivity index (χ4n) is 3.05. The Balaban J connectivity index is 1.42. The second-order valence-corrected chi connectivity index (χ2v) is 6.46. The highest BCUT2D eigenvalue weighted by Gasteiger charge is 2.57. The largest absolute Gasteiger partial charge is 0.356 e. The molecular weight excluding hydrogens is 249 g/mol. The van der Waals surface area contributed by atoms with E-state index in [9.17, 15) is 4.39 Å². The van der Waals surface area contributed by atoms with Crippen molar-refractivity contribution in [3.63, 3.8) is 0 Å². The highest BCUT2D eigenvalue weighted by atomic mass is 32.2. The first-order valence-corrected chi connectivity index (χ1v) is 7.31. The van der Waals surface area contributed by atoms with Crippen molar-refractivity contribution < 1.29 is 4.39 Å². The van der Waals surface area contributed by atoms with Gasteiger partial charge in [-0.1, -0.05) is 6.42 Å². The van der Waals surface area contributed by atoms with Gasteiger partial charge in [0, 0.05) is 10.9 Å². The average molecular weight is 265 g/mol. The Hall–Kier alpha value is -0.780. The number of anilines is 1. The number of hydrogen-bond donors (Lipinski definition) is 3. The fourth-order valence-corrected chi connectivity index (χ4v) is 3.83. The Bertz CT molecular complexity index is 489. The Morgan fingerprint density at radius 3 is 3.00 bits per heavy atom. The van der Waals surface area contributed by atoms with E-state index in [1.165, 1.54) is 43.7 Å². The first-order valence-electron chi connectivity index (χ1n) is 6.50. The standard InChI is InChI=1S/C13H16FN3S/c14-8-2-3-9-10(6-8)18-17-12(15-9)16-11-7-13(11)4-1-5-13/h2-3,6,11-12,15-17H,1,4-5,7H2. The molecule has 3 nitrogen and oxygen atoms in total. The van der Waals surface area contributed by atoms with Crippen LogP contribution in [0.15, 0.2) is 23.1 Å². The van der Waals surface area contributed by atoms with E-state index in [1.54, 1.807) is 12.1 Å². The molecular formula is C13H16FN3S. The molecule has 1 aliphatic heterocycles. The number of rotatable bonds is 2. The van der Waals surface area contributed by atoms with E-state index < -0.39 is 0 Å². The highest BCUT2D eigenvalue weighted by molar-refractivity contribution is 7.97. The summed E-state index contributed by atoms with van der Waals surface area (Å²) in [6.45, 7) is 0. The van der Waals surface area contributed by atoms with E-state index in [4.69, 9.17) is 0 Å². The lowest BCUT2D eigenvalue weighted by Gasteiger charge is -2.31. The van der Waals surface area contributed by atoms with Crippen LogP contribution >= 0.6 is 11.9 Å². The summed E-state index contributed by atoms with van der Waals surface area (Å²) in [6, 6.07) is 5.51. The minimum Gasteiger partial charge on any atom is -0.356 e. The van der Waals surface area contributed by atoms with Crippen molar-refractivity contribution in [2.45, 2.75) is 42.9 Å². The van der Waals surface area contributed by atoms with Crippen LogP contribution in [0.25, 0.3) is 0 Å². The van der Waals surface area contributed by atoms with Gasteiger partial charge >= 0.3 is 0 Å². The lowest BCUT2D eigenvalue weighted by atomic mass is 9.81.